The van der Waals surface area contributed by atoms with Crippen molar-refractivity contribution < 1.29 is 19.7 Å². The molecule has 0 aliphatic carbocycles. The third-order valence-electron chi connectivity index (χ3n) is 1.85. The maximum atomic E-state index is 10.5. The van der Waals surface area contributed by atoms with Gasteiger partial charge in [0.1, 0.15) is 18.1 Å². The zero-order valence-electron chi connectivity index (χ0n) is 8.07. The van der Waals surface area contributed by atoms with Gasteiger partial charge in [0, 0.05) is 12.5 Å². The summed E-state index contributed by atoms with van der Waals surface area (Å²) >= 11 is 0. The number of ether oxygens (including phenoxy) is 1. The van der Waals surface area contributed by atoms with E-state index in [2.05, 4.69) is 0 Å². The molecule has 1 aromatic rings. The maximum Gasteiger partial charge on any atom is 0.302 e. The lowest BCUT2D eigenvalue weighted by atomic mass is 10.1. The molecule has 4 nitrogen and oxygen atoms in total. The highest BCUT2D eigenvalue weighted by atomic mass is 16.5. The van der Waals surface area contributed by atoms with Gasteiger partial charge in [-0.15, -0.1) is 0 Å². The molecule has 0 unspecified atom stereocenters. The smallest absolute Gasteiger partial charge is 0.302 e. The van der Waals surface area contributed by atoms with Gasteiger partial charge in [0.25, 0.3) is 0 Å². The Morgan fingerprint density at radius 1 is 1.36 bits per heavy atom. The van der Waals surface area contributed by atoms with Crippen LogP contribution in [0.25, 0.3) is 0 Å². The first kappa shape index (κ1) is 10.4. The summed E-state index contributed by atoms with van der Waals surface area (Å²) < 4.78 is 4.72. The van der Waals surface area contributed by atoms with Crippen LogP contribution in [-0.2, 0) is 16.1 Å². The Morgan fingerprint density at radius 2 is 1.86 bits per heavy atom. The van der Waals surface area contributed by atoms with E-state index in [-0.39, 0.29) is 18.1 Å². The van der Waals surface area contributed by atoms with Crippen molar-refractivity contribution in [3.63, 3.8) is 0 Å². The van der Waals surface area contributed by atoms with Gasteiger partial charge >= 0.3 is 5.97 Å². The molecule has 1 rings (SSSR count). The number of carbonyl (C=O) groups excluding carboxylic acids is 1. The average molecular weight is 196 g/mol. The first-order valence-corrected chi connectivity index (χ1v) is 4.15. The van der Waals surface area contributed by atoms with Crippen molar-refractivity contribution in [2.75, 3.05) is 0 Å². The Bertz CT molecular complexity index is 334. The number of hydrogen-bond donors (Lipinski definition) is 2. The van der Waals surface area contributed by atoms with Gasteiger partial charge < -0.3 is 14.9 Å². The second-order valence-electron chi connectivity index (χ2n) is 3.04. The fourth-order valence-electron chi connectivity index (χ4n) is 1.01. The van der Waals surface area contributed by atoms with Gasteiger partial charge in [-0.3, -0.25) is 4.79 Å². The van der Waals surface area contributed by atoms with E-state index in [0.29, 0.717) is 11.1 Å². The van der Waals surface area contributed by atoms with Gasteiger partial charge in [0.15, 0.2) is 0 Å². The lowest BCUT2D eigenvalue weighted by Crippen LogP contribution is -1.98. The van der Waals surface area contributed by atoms with Crippen LogP contribution in [0.4, 0.5) is 0 Å². The maximum absolute atomic E-state index is 10.5. The van der Waals surface area contributed by atoms with E-state index in [1.165, 1.54) is 19.1 Å². The Balaban J connectivity index is 2.84. The van der Waals surface area contributed by atoms with Crippen molar-refractivity contribution in [3.8, 4) is 11.5 Å². The van der Waals surface area contributed by atoms with E-state index in [4.69, 9.17) is 4.74 Å². The molecule has 0 bridgehead atoms. The molecule has 1 aromatic carbocycles. The highest BCUT2D eigenvalue weighted by Crippen LogP contribution is 2.27. The van der Waals surface area contributed by atoms with E-state index in [9.17, 15) is 15.0 Å². The predicted molar refractivity (Wildman–Crippen MR) is 50.0 cm³/mol. The molecule has 76 valence electrons. The van der Waals surface area contributed by atoms with Crippen LogP contribution in [0.1, 0.15) is 18.1 Å². The quantitative estimate of drug-likeness (QED) is 0.703. The average Bonchev–Trinajstić information content (AvgIpc) is 2.10. The summed E-state index contributed by atoms with van der Waals surface area (Å²) in [7, 11) is 0. The molecule has 0 saturated heterocycles. The SMILES string of the molecule is CC(=O)OCc1cc(O)c(C)c(O)c1. The molecule has 0 saturated carbocycles. The Morgan fingerprint density at radius 3 is 2.29 bits per heavy atom. The fraction of sp³-hybridized carbons (Fsp3) is 0.300. The normalized spacial score (nSPS) is 9.86. The third kappa shape index (κ3) is 2.39. The summed E-state index contributed by atoms with van der Waals surface area (Å²) in [6.07, 6.45) is 0. The van der Waals surface area contributed by atoms with E-state index >= 15 is 0 Å². The first-order valence-electron chi connectivity index (χ1n) is 4.15. The molecule has 0 amide bonds. The lowest BCUT2D eigenvalue weighted by Gasteiger charge is -2.06. The summed E-state index contributed by atoms with van der Waals surface area (Å²) in [4.78, 5) is 10.5. The lowest BCUT2D eigenvalue weighted by molar-refractivity contribution is -0.142. The van der Waals surface area contributed by atoms with Crippen LogP contribution >= 0.6 is 0 Å². The topological polar surface area (TPSA) is 66.8 Å². The molecule has 0 atom stereocenters. The largest absolute Gasteiger partial charge is 0.508 e. The Labute approximate surface area is 81.8 Å². The van der Waals surface area contributed by atoms with Crippen LogP contribution in [0.5, 0.6) is 11.5 Å². The molecule has 14 heavy (non-hydrogen) atoms. The van der Waals surface area contributed by atoms with E-state index in [1.54, 1.807) is 6.92 Å². The molecule has 0 spiro atoms. The second kappa shape index (κ2) is 4.00. The minimum Gasteiger partial charge on any atom is -0.508 e. The van der Waals surface area contributed by atoms with Gasteiger partial charge in [-0.05, 0) is 24.6 Å². The summed E-state index contributed by atoms with van der Waals surface area (Å²) in [5, 5.41) is 18.7. The van der Waals surface area contributed by atoms with Crippen molar-refractivity contribution in [1.82, 2.24) is 0 Å². The molecule has 0 fully saturated rings. The molecule has 2 N–H and O–H groups in total. The first-order chi connectivity index (χ1) is 6.50. The van der Waals surface area contributed by atoms with Crippen molar-refractivity contribution in [2.45, 2.75) is 20.5 Å². The zero-order chi connectivity index (χ0) is 10.7. The summed E-state index contributed by atoms with van der Waals surface area (Å²) in [6.45, 7) is 2.95. The highest BCUT2D eigenvalue weighted by Gasteiger charge is 2.05. The van der Waals surface area contributed by atoms with Crippen molar-refractivity contribution >= 4 is 5.97 Å². The molecular weight excluding hydrogens is 184 g/mol. The van der Waals surface area contributed by atoms with Gasteiger partial charge in [0.05, 0.1) is 0 Å². The van der Waals surface area contributed by atoms with Gasteiger partial charge in [-0.1, -0.05) is 0 Å². The van der Waals surface area contributed by atoms with E-state index < -0.39 is 5.97 Å². The predicted octanol–water partition coefficient (Wildman–Crippen LogP) is 1.47. The number of hydrogen-bond acceptors (Lipinski definition) is 4. The summed E-state index contributed by atoms with van der Waals surface area (Å²) in [5.74, 6) is -0.413. The molecule has 0 aliphatic heterocycles. The second-order valence-corrected chi connectivity index (χ2v) is 3.04. The van der Waals surface area contributed by atoms with Crippen molar-refractivity contribution in [1.29, 1.82) is 0 Å². The number of phenolic OH excluding ortho intramolecular Hbond substituents is 2. The number of aromatic hydroxyl groups is 2. The van der Waals surface area contributed by atoms with Crippen molar-refractivity contribution in [3.05, 3.63) is 23.3 Å². The molecule has 0 radical (unpaired) electrons. The third-order valence-corrected chi connectivity index (χ3v) is 1.85. The number of phenols is 2. The minimum atomic E-state index is -0.399. The molecule has 4 heteroatoms. The fourth-order valence-corrected chi connectivity index (χ4v) is 1.01. The van der Waals surface area contributed by atoms with Crippen LogP contribution in [-0.4, -0.2) is 16.2 Å². The molecule has 0 heterocycles. The van der Waals surface area contributed by atoms with Crippen molar-refractivity contribution in [2.24, 2.45) is 0 Å². The van der Waals surface area contributed by atoms with Crippen LogP contribution in [0.15, 0.2) is 12.1 Å². The Hall–Kier alpha value is -1.71. The standard InChI is InChI=1S/C10H12O4/c1-6-9(12)3-8(4-10(6)13)5-14-7(2)11/h3-4,12-13H,5H2,1-2H3. The number of esters is 1. The minimum absolute atomic E-state index is 0.00727. The number of benzene rings is 1. The van der Waals surface area contributed by atoms with E-state index in [0.717, 1.165) is 0 Å². The summed E-state index contributed by atoms with van der Waals surface area (Å²) in [5.41, 5.74) is 0.970. The summed E-state index contributed by atoms with van der Waals surface area (Å²) in [6, 6.07) is 2.91. The van der Waals surface area contributed by atoms with Gasteiger partial charge in [0.2, 0.25) is 0 Å². The zero-order valence-corrected chi connectivity index (χ0v) is 8.07. The van der Waals surface area contributed by atoms with Crippen LogP contribution in [0.3, 0.4) is 0 Å². The van der Waals surface area contributed by atoms with E-state index in [1.807, 2.05) is 0 Å². The Kier molecular flexibility index (Phi) is 2.96. The monoisotopic (exact) mass is 196 g/mol. The molecular formula is C10H12O4. The highest BCUT2D eigenvalue weighted by molar-refractivity contribution is 5.66. The number of rotatable bonds is 2. The van der Waals surface area contributed by atoms with Crippen LogP contribution in [0.2, 0.25) is 0 Å². The van der Waals surface area contributed by atoms with Crippen LogP contribution in [0, 0.1) is 6.92 Å². The molecule has 0 aliphatic rings. The van der Waals surface area contributed by atoms with Gasteiger partial charge in [-0.2, -0.15) is 0 Å². The molecule has 0 aromatic heterocycles. The number of carbonyl (C=O) groups is 1. The van der Waals surface area contributed by atoms with Crippen LogP contribution < -0.4 is 0 Å². The van der Waals surface area contributed by atoms with Gasteiger partial charge in [-0.25, -0.2) is 0 Å².